The van der Waals surface area contributed by atoms with Crippen molar-refractivity contribution in [3.8, 4) is 11.6 Å². The molecule has 4 amide bonds. The second-order valence-electron chi connectivity index (χ2n) is 17.1. The largest absolute Gasteiger partial charge is 0.491 e. The first-order chi connectivity index (χ1) is 26.7. The summed E-state index contributed by atoms with van der Waals surface area (Å²) in [6.07, 6.45) is 10.1. The Labute approximate surface area is 328 Å². The lowest BCUT2D eigenvalue weighted by molar-refractivity contribution is -0.142. The third-order valence-corrected chi connectivity index (χ3v) is 13.8. The normalized spacial score (nSPS) is 30.8. The predicted molar refractivity (Wildman–Crippen MR) is 208 cm³/mol. The number of rotatable bonds is 11. The minimum atomic E-state index is -3.90. The van der Waals surface area contributed by atoms with E-state index in [9.17, 15) is 27.6 Å². The van der Waals surface area contributed by atoms with Crippen molar-refractivity contribution in [2.45, 2.75) is 121 Å². The number of carbonyl (C=O) groups excluding carboxylic acids is 4. The molecule has 0 spiro atoms. The van der Waals surface area contributed by atoms with Crippen molar-refractivity contribution in [3.63, 3.8) is 0 Å². The molecule has 3 aliphatic carbocycles. The Bertz CT molecular complexity index is 1980. The zero-order valence-corrected chi connectivity index (χ0v) is 33.6. The topological polar surface area (TPSA) is 182 Å². The van der Waals surface area contributed by atoms with Gasteiger partial charge in [0.05, 0.1) is 31.2 Å². The van der Waals surface area contributed by atoms with Gasteiger partial charge in [0.2, 0.25) is 27.7 Å². The third-order valence-electron chi connectivity index (χ3n) is 12.0. The summed E-state index contributed by atoms with van der Waals surface area (Å²) in [6.45, 7) is 8.83. The average molecular weight is 794 g/mol. The molecule has 1 aromatic heterocycles. The van der Waals surface area contributed by atoms with Crippen LogP contribution in [0.5, 0.6) is 11.6 Å². The monoisotopic (exact) mass is 793 g/mol. The molecule has 4 fully saturated rings. The molecular weight excluding hydrogens is 739 g/mol. The fraction of sp³-hybridized carbons (Fsp3) is 0.634. The number of hydrogen-bond acceptors (Lipinski definition) is 10. The van der Waals surface area contributed by atoms with Crippen molar-refractivity contribution < 1.29 is 41.8 Å². The van der Waals surface area contributed by atoms with Gasteiger partial charge in [0.1, 0.15) is 29.5 Å². The number of aromatic nitrogens is 1. The van der Waals surface area contributed by atoms with Crippen LogP contribution in [0.1, 0.15) is 91.9 Å². The molecule has 56 heavy (non-hydrogen) atoms. The first-order valence-electron chi connectivity index (χ1n) is 20.2. The van der Waals surface area contributed by atoms with E-state index in [0.29, 0.717) is 49.3 Å². The van der Waals surface area contributed by atoms with Crippen LogP contribution in [0.15, 0.2) is 42.6 Å². The van der Waals surface area contributed by atoms with E-state index in [1.54, 1.807) is 6.20 Å². The van der Waals surface area contributed by atoms with E-state index in [1.165, 1.54) is 4.90 Å². The molecule has 0 radical (unpaired) electrons. The molecule has 0 unspecified atom stereocenters. The van der Waals surface area contributed by atoms with Gasteiger partial charge in [0.15, 0.2) is 0 Å². The molecule has 3 heterocycles. The minimum absolute atomic E-state index is 0.00677. The second kappa shape index (κ2) is 15.9. The number of nitrogens with zero attached hydrogens (tertiary/aromatic N) is 2. The van der Waals surface area contributed by atoms with E-state index >= 15 is 0 Å². The highest BCUT2D eigenvalue weighted by Crippen LogP contribution is 2.47. The number of amides is 4. The van der Waals surface area contributed by atoms with Gasteiger partial charge in [-0.3, -0.25) is 19.1 Å². The molecule has 0 bridgehead atoms. The van der Waals surface area contributed by atoms with E-state index in [2.05, 4.69) is 27.3 Å². The zero-order valence-electron chi connectivity index (χ0n) is 32.8. The van der Waals surface area contributed by atoms with E-state index in [4.69, 9.17) is 14.2 Å². The first-order valence-corrected chi connectivity index (χ1v) is 21.7. The minimum Gasteiger partial charge on any atom is -0.491 e. The van der Waals surface area contributed by atoms with Gasteiger partial charge in [-0.25, -0.2) is 18.2 Å². The van der Waals surface area contributed by atoms with Crippen molar-refractivity contribution in [2.24, 2.45) is 23.2 Å². The van der Waals surface area contributed by atoms with Crippen molar-refractivity contribution in [3.05, 3.63) is 42.6 Å². The molecule has 2 aliphatic heterocycles. The summed E-state index contributed by atoms with van der Waals surface area (Å²) >= 11 is 0. The number of ether oxygens (including phenoxy) is 3. The number of nitrogens with one attached hydrogen (secondary N) is 3. The van der Waals surface area contributed by atoms with Crippen LogP contribution in [-0.2, 0) is 29.1 Å². The molecule has 3 saturated carbocycles. The van der Waals surface area contributed by atoms with Gasteiger partial charge in [-0.2, -0.15) is 0 Å². The first kappa shape index (κ1) is 39.8. The number of hydrogen-bond donors (Lipinski definition) is 3. The van der Waals surface area contributed by atoms with Gasteiger partial charge in [-0.1, -0.05) is 58.0 Å². The second-order valence-corrected chi connectivity index (χ2v) is 19.0. The van der Waals surface area contributed by atoms with Crippen molar-refractivity contribution in [1.29, 1.82) is 0 Å². The summed E-state index contributed by atoms with van der Waals surface area (Å²) in [4.78, 5) is 62.4. The molecule has 7 atom stereocenters. The lowest BCUT2D eigenvalue weighted by atomic mass is 9.88. The number of pyridine rings is 1. The Morgan fingerprint density at radius 3 is 2.54 bits per heavy atom. The van der Waals surface area contributed by atoms with Crippen LogP contribution in [0.3, 0.4) is 0 Å². The molecular formula is C41H55N5O9S. The summed E-state index contributed by atoms with van der Waals surface area (Å²) in [7, 11) is -3.90. The fourth-order valence-corrected chi connectivity index (χ4v) is 9.35. The Kier molecular flexibility index (Phi) is 11.3. The average Bonchev–Trinajstić information content (AvgIpc) is 4.11. The van der Waals surface area contributed by atoms with Crippen LogP contribution < -0.4 is 24.8 Å². The van der Waals surface area contributed by atoms with Crippen LogP contribution in [0, 0.1) is 23.2 Å². The highest BCUT2D eigenvalue weighted by molar-refractivity contribution is 7.91. The predicted octanol–water partition coefficient (Wildman–Crippen LogP) is 4.76. The third kappa shape index (κ3) is 8.77. The summed E-state index contributed by atoms with van der Waals surface area (Å²) < 4.78 is 46.1. The molecule has 304 valence electrons. The standard InChI is InChI=1S/C41H55N5O9S/c1-5-18-53-33-22-42-36(31-13-9-8-12-30(31)33)55-28-20-32-35(47)44-41(38(49)45-56(51,52)29-14-15-29)21-27(41)11-7-6-10-25(2)19-26(3)34(37(48)46(32)23-28)43-39(50)54-24-40(4)16-17-40/h7-9,11-13,22,25-29,32,34H,5-6,10,14-21,23-24H2,1-4H3,(H,43,50)(H,44,47)(H,45,49)/b11-7-/t25-,26+,27+,28+,32-,34-,41+/m0/s1. The number of fused-ring (bicyclic) bond motifs is 3. The lowest BCUT2D eigenvalue weighted by Crippen LogP contribution is -2.59. The molecule has 1 aromatic carbocycles. The molecule has 3 N–H and O–H groups in total. The number of sulfonamides is 1. The lowest BCUT2D eigenvalue weighted by Gasteiger charge is -2.32. The number of alkyl carbamates (subject to hydrolysis) is 1. The maximum absolute atomic E-state index is 14.8. The zero-order chi connectivity index (χ0) is 39.8. The number of allylic oxidation sites excluding steroid dienone is 1. The van der Waals surface area contributed by atoms with E-state index in [-0.39, 0.29) is 43.2 Å². The summed E-state index contributed by atoms with van der Waals surface area (Å²) in [6, 6.07) is 5.42. The van der Waals surface area contributed by atoms with Gasteiger partial charge in [-0.15, -0.1) is 0 Å². The van der Waals surface area contributed by atoms with Crippen LogP contribution in [0.25, 0.3) is 10.8 Å². The van der Waals surface area contributed by atoms with Crippen LogP contribution in [0.4, 0.5) is 4.79 Å². The Morgan fingerprint density at radius 2 is 1.82 bits per heavy atom. The number of benzene rings is 1. The van der Waals surface area contributed by atoms with Crippen molar-refractivity contribution in [2.75, 3.05) is 19.8 Å². The van der Waals surface area contributed by atoms with Gasteiger partial charge < -0.3 is 29.7 Å². The summed E-state index contributed by atoms with van der Waals surface area (Å²) in [5.74, 6) is -1.52. The Balaban J connectivity index is 1.20. The van der Waals surface area contributed by atoms with Crippen LogP contribution >= 0.6 is 0 Å². The molecule has 14 nitrogen and oxygen atoms in total. The molecule has 1 saturated heterocycles. The van der Waals surface area contributed by atoms with E-state index < -0.39 is 68.7 Å². The molecule has 7 rings (SSSR count). The molecule has 5 aliphatic rings. The summed E-state index contributed by atoms with van der Waals surface area (Å²) in [5, 5.41) is 6.65. The Hall–Kier alpha value is -4.40. The summed E-state index contributed by atoms with van der Waals surface area (Å²) in [5.41, 5.74) is -1.56. The Morgan fingerprint density at radius 1 is 1.07 bits per heavy atom. The highest BCUT2D eigenvalue weighted by Gasteiger charge is 2.62. The van der Waals surface area contributed by atoms with Gasteiger partial charge >= 0.3 is 6.09 Å². The maximum Gasteiger partial charge on any atom is 0.407 e. The fourth-order valence-electron chi connectivity index (χ4n) is 7.98. The van der Waals surface area contributed by atoms with E-state index in [0.717, 1.165) is 31.1 Å². The van der Waals surface area contributed by atoms with Crippen LogP contribution in [0.2, 0.25) is 0 Å². The number of carbonyl (C=O) groups is 4. The quantitative estimate of drug-likeness (QED) is 0.268. The maximum atomic E-state index is 14.8. The van der Waals surface area contributed by atoms with Gasteiger partial charge in [0, 0.05) is 28.5 Å². The van der Waals surface area contributed by atoms with E-state index in [1.807, 2.05) is 57.2 Å². The van der Waals surface area contributed by atoms with Gasteiger partial charge in [0.25, 0.3) is 5.91 Å². The smallest absolute Gasteiger partial charge is 0.407 e. The van der Waals surface area contributed by atoms with Crippen molar-refractivity contribution >= 4 is 44.6 Å². The van der Waals surface area contributed by atoms with Gasteiger partial charge in [-0.05, 0) is 75.7 Å². The molecule has 15 heteroatoms. The van der Waals surface area contributed by atoms with Crippen LogP contribution in [-0.4, -0.2) is 90.9 Å². The highest BCUT2D eigenvalue weighted by atomic mass is 32.2. The SMILES string of the molecule is CCCOc1cnc(O[C@@H]2C[C@H]3C(=O)N[C@]4(C(=O)NS(=O)(=O)C5CC5)C[C@H]4/C=C\CC[C@H](C)C[C@@H](C)[C@H](NC(=O)OCC4(C)CC4)C(=O)N3C2)c2ccccc12. The molecule has 2 aromatic rings. The van der Waals surface area contributed by atoms with Crippen molar-refractivity contribution in [1.82, 2.24) is 25.2 Å².